The van der Waals surface area contributed by atoms with Crippen molar-refractivity contribution in [2.45, 2.75) is 56.6 Å². The third-order valence-electron chi connectivity index (χ3n) is 5.83. The quantitative estimate of drug-likeness (QED) is 0.805. The van der Waals surface area contributed by atoms with Crippen molar-refractivity contribution in [3.63, 3.8) is 0 Å². The molecule has 1 atom stereocenters. The number of likely N-dealkylation sites (tertiary alicyclic amines) is 1. The lowest BCUT2D eigenvalue weighted by Crippen LogP contribution is -2.37. The van der Waals surface area contributed by atoms with Gasteiger partial charge >= 0.3 is 6.09 Å². The molecule has 1 aromatic rings. The Morgan fingerprint density at radius 3 is 2.89 bits per heavy atom. The van der Waals surface area contributed by atoms with Crippen molar-refractivity contribution in [3.8, 4) is 0 Å². The van der Waals surface area contributed by atoms with Crippen LogP contribution in [0.2, 0.25) is 0 Å². The molecule has 27 heavy (non-hydrogen) atoms. The Hall–Kier alpha value is -2.22. The third-order valence-corrected chi connectivity index (χ3v) is 5.83. The van der Waals surface area contributed by atoms with E-state index in [-0.39, 0.29) is 30.3 Å². The van der Waals surface area contributed by atoms with E-state index in [1.54, 1.807) is 22.2 Å². The summed E-state index contributed by atoms with van der Waals surface area (Å²) in [6, 6.07) is -0.123. The highest BCUT2D eigenvalue weighted by molar-refractivity contribution is 5.89. The second-order valence-corrected chi connectivity index (χ2v) is 7.68. The van der Waals surface area contributed by atoms with Crippen molar-refractivity contribution < 1.29 is 19.1 Å². The fraction of sp³-hybridized carbons (Fsp3) is 0.684. The number of methoxy groups -OCH3 is 1. The summed E-state index contributed by atoms with van der Waals surface area (Å²) in [6.45, 7) is 1.28. The van der Waals surface area contributed by atoms with E-state index in [0.717, 1.165) is 38.5 Å². The molecule has 8 nitrogen and oxygen atoms in total. The van der Waals surface area contributed by atoms with Gasteiger partial charge in [0.15, 0.2) is 5.82 Å². The molecule has 1 aliphatic carbocycles. The molecule has 1 aromatic heterocycles. The van der Waals surface area contributed by atoms with Crippen molar-refractivity contribution in [2.75, 3.05) is 31.7 Å². The standard InChI is InChI=1S/C19H26N4O4/c1-26-12-17(24)22-9-5-6-15(22)14-10-20-11-16(21-14)23-13-19(27-18(23)25)7-3-2-4-8-19/h10-11,15H,2-9,12-13H2,1H3/t15-/m1/s1. The zero-order chi connectivity index (χ0) is 18.9. The number of aromatic nitrogens is 2. The van der Waals surface area contributed by atoms with Crippen LogP contribution in [0.5, 0.6) is 0 Å². The SMILES string of the molecule is COCC(=O)N1CCC[C@@H]1c1cncc(N2CC3(CCCCC3)OC2=O)n1. The van der Waals surface area contributed by atoms with E-state index in [1.807, 2.05) is 0 Å². The molecule has 1 saturated carbocycles. The highest BCUT2D eigenvalue weighted by Crippen LogP contribution is 2.39. The van der Waals surface area contributed by atoms with Gasteiger partial charge in [0.1, 0.15) is 12.2 Å². The molecule has 1 spiro atoms. The van der Waals surface area contributed by atoms with Gasteiger partial charge in [-0.05, 0) is 38.5 Å². The van der Waals surface area contributed by atoms with Crippen LogP contribution in [0.1, 0.15) is 56.7 Å². The predicted molar refractivity (Wildman–Crippen MR) is 97.2 cm³/mol. The van der Waals surface area contributed by atoms with Gasteiger partial charge in [-0.3, -0.25) is 14.7 Å². The van der Waals surface area contributed by atoms with Crippen LogP contribution < -0.4 is 4.90 Å². The summed E-state index contributed by atoms with van der Waals surface area (Å²) >= 11 is 0. The lowest BCUT2D eigenvalue weighted by atomic mass is 9.85. The number of anilines is 1. The molecule has 0 unspecified atom stereocenters. The Labute approximate surface area is 158 Å². The molecule has 146 valence electrons. The van der Waals surface area contributed by atoms with Gasteiger partial charge in [0.25, 0.3) is 0 Å². The van der Waals surface area contributed by atoms with Crippen molar-refractivity contribution in [1.82, 2.24) is 14.9 Å². The number of amides is 2. The first-order chi connectivity index (χ1) is 13.1. The summed E-state index contributed by atoms with van der Waals surface area (Å²) in [4.78, 5) is 37.2. The normalized spacial score (nSPS) is 24.5. The Kier molecular flexibility index (Phi) is 4.99. The van der Waals surface area contributed by atoms with E-state index in [4.69, 9.17) is 9.47 Å². The zero-order valence-corrected chi connectivity index (χ0v) is 15.7. The highest BCUT2D eigenvalue weighted by Gasteiger charge is 2.46. The monoisotopic (exact) mass is 374 g/mol. The summed E-state index contributed by atoms with van der Waals surface area (Å²) in [5.74, 6) is 0.458. The molecule has 0 radical (unpaired) electrons. The van der Waals surface area contributed by atoms with Gasteiger partial charge in [-0.25, -0.2) is 9.78 Å². The van der Waals surface area contributed by atoms with E-state index >= 15 is 0 Å². The molecule has 3 fully saturated rings. The van der Waals surface area contributed by atoms with Crippen LogP contribution in [0.4, 0.5) is 10.6 Å². The number of nitrogens with zero attached hydrogens (tertiary/aromatic N) is 4. The molecule has 0 bridgehead atoms. The Balaban J connectivity index is 1.54. The number of carbonyl (C=O) groups excluding carboxylic acids is 2. The molecule has 3 heterocycles. The molecule has 3 aliphatic rings. The average Bonchev–Trinajstić information content (AvgIpc) is 3.28. The summed E-state index contributed by atoms with van der Waals surface area (Å²) in [7, 11) is 1.52. The van der Waals surface area contributed by atoms with Crippen molar-refractivity contribution in [2.24, 2.45) is 0 Å². The van der Waals surface area contributed by atoms with E-state index < -0.39 is 0 Å². The van der Waals surface area contributed by atoms with Gasteiger partial charge < -0.3 is 14.4 Å². The van der Waals surface area contributed by atoms with Crippen LogP contribution in [-0.2, 0) is 14.3 Å². The van der Waals surface area contributed by atoms with Crippen LogP contribution >= 0.6 is 0 Å². The first-order valence-corrected chi connectivity index (χ1v) is 9.73. The fourth-order valence-corrected chi connectivity index (χ4v) is 4.50. The van der Waals surface area contributed by atoms with Crippen LogP contribution in [0.15, 0.2) is 12.4 Å². The number of carbonyl (C=O) groups is 2. The molecular weight excluding hydrogens is 348 g/mol. The number of rotatable bonds is 4. The largest absolute Gasteiger partial charge is 0.441 e. The fourth-order valence-electron chi connectivity index (χ4n) is 4.50. The minimum atomic E-state index is -0.374. The van der Waals surface area contributed by atoms with E-state index in [2.05, 4.69) is 9.97 Å². The summed E-state index contributed by atoms with van der Waals surface area (Å²) in [5, 5.41) is 0. The summed E-state index contributed by atoms with van der Waals surface area (Å²) < 4.78 is 10.7. The number of ether oxygens (including phenoxy) is 2. The molecule has 4 rings (SSSR count). The number of hydrogen-bond donors (Lipinski definition) is 0. The van der Waals surface area contributed by atoms with Gasteiger partial charge in [-0.15, -0.1) is 0 Å². The van der Waals surface area contributed by atoms with Crippen molar-refractivity contribution in [3.05, 3.63) is 18.1 Å². The highest BCUT2D eigenvalue weighted by atomic mass is 16.6. The van der Waals surface area contributed by atoms with E-state index in [9.17, 15) is 9.59 Å². The molecule has 2 amide bonds. The van der Waals surface area contributed by atoms with Gasteiger partial charge in [0.2, 0.25) is 5.91 Å². The van der Waals surface area contributed by atoms with Crippen molar-refractivity contribution in [1.29, 1.82) is 0 Å². The second-order valence-electron chi connectivity index (χ2n) is 7.68. The van der Waals surface area contributed by atoms with Gasteiger partial charge in [0, 0.05) is 13.7 Å². The van der Waals surface area contributed by atoms with Crippen LogP contribution in [0.3, 0.4) is 0 Å². The first kappa shape index (κ1) is 18.2. The maximum Gasteiger partial charge on any atom is 0.416 e. The maximum absolute atomic E-state index is 12.5. The third kappa shape index (κ3) is 3.50. The maximum atomic E-state index is 12.5. The molecule has 2 saturated heterocycles. The Bertz CT molecular complexity index is 719. The lowest BCUT2D eigenvalue weighted by molar-refractivity contribution is -0.136. The smallest absolute Gasteiger partial charge is 0.416 e. The first-order valence-electron chi connectivity index (χ1n) is 9.73. The summed E-state index contributed by atoms with van der Waals surface area (Å²) in [6.07, 6.45) is 9.88. The minimum Gasteiger partial charge on any atom is -0.441 e. The second kappa shape index (κ2) is 7.42. The van der Waals surface area contributed by atoms with Gasteiger partial charge in [0.05, 0.1) is 30.7 Å². The van der Waals surface area contributed by atoms with Crippen LogP contribution in [0.25, 0.3) is 0 Å². The molecular formula is C19H26N4O4. The zero-order valence-electron chi connectivity index (χ0n) is 15.7. The predicted octanol–water partition coefficient (Wildman–Crippen LogP) is 2.45. The molecule has 8 heteroatoms. The van der Waals surface area contributed by atoms with Crippen LogP contribution in [0, 0.1) is 0 Å². The van der Waals surface area contributed by atoms with Gasteiger partial charge in [-0.1, -0.05) is 6.42 Å². The van der Waals surface area contributed by atoms with E-state index in [0.29, 0.717) is 24.6 Å². The number of hydrogen-bond acceptors (Lipinski definition) is 6. The average molecular weight is 374 g/mol. The Morgan fingerprint density at radius 2 is 2.11 bits per heavy atom. The van der Waals surface area contributed by atoms with Gasteiger partial charge in [-0.2, -0.15) is 0 Å². The van der Waals surface area contributed by atoms with Crippen molar-refractivity contribution >= 4 is 17.8 Å². The minimum absolute atomic E-state index is 0.0473. The van der Waals surface area contributed by atoms with E-state index in [1.165, 1.54) is 13.5 Å². The molecule has 2 aliphatic heterocycles. The Morgan fingerprint density at radius 1 is 1.30 bits per heavy atom. The molecule has 0 N–H and O–H groups in total. The lowest BCUT2D eigenvalue weighted by Gasteiger charge is -2.30. The summed E-state index contributed by atoms with van der Waals surface area (Å²) in [5.41, 5.74) is 0.341. The topological polar surface area (TPSA) is 84.9 Å². The van der Waals surface area contributed by atoms with Crippen LogP contribution in [-0.4, -0.2) is 59.3 Å². The molecule has 0 aromatic carbocycles.